The fourth-order valence-corrected chi connectivity index (χ4v) is 1.63. The van der Waals surface area contributed by atoms with Gasteiger partial charge < -0.3 is 5.32 Å². The Balaban J connectivity index is 1.95. The van der Waals surface area contributed by atoms with Gasteiger partial charge in [-0.05, 0) is 19.1 Å². The minimum Gasteiger partial charge on any atom is -0.379 e. The van der Waals surface area contributed by atoms with Crippen LogP contribution < -0.4 is 5.32 Å². The first-order chi connectivity index (χ1) is 6.84. The van der Waals surface area contributed by atoms with Crippen LogP contribution in [0.3, 0.4) is 0 Å². The van der Waals surface area contributed by atoms with Crippen LogP contribution in [0.2, 0.25) is 0 Å². The number of aromatic nitrogens is 2. The van der Waals surface area contributed by atoms with Gasteiger partial charge in [0.05, 0.1) is 23.9 Å². The molecule has 0 amide bonds. The average Bonchev–Trinajstić information content (AvgIpc) is 2.70. The van der Waals surface area contributed by atoms with Crippen molar-refractivity contribution in [1.29, 1.82) is 0 Å². The summed E-state index contributed by atoms with van der Waals surface area (Å²) in [5.74, 6) is 0. The smallest absolute Gasteiger partial charge is 0.0794 e. The van der Waals surface area contributed by atoms with E-state index in [1.165, 1.54) is 4.88 Å². The molecule has 2 aromatic heterocycles. The molecule has 0 aliphatic carbocycles. The van der Waals surface area contributed by atoms with E-state index < -0.39 is 0 Å². The number of thiazole rings is 1. The Labute approximate surface area is 86.8 Å². The van der Waals surface area contributed by atoms with Gasteiger partial charge in [0, 0.05) is 16.8 Å². The van der Waals surface area contributed by atoms with Gasteiger partial charge in [0.1, 0.15) is 0 Å². The maximum atomic E-state index is 4.20. The second-order valence-corrected chi connectivity index (χ2v) is 3.98. The second-order valence-electron chi connectivity index (χ2n) is 3.01. The SMILES string of the molecule is Cc1ccc(NCc2cncs2)cn1. The first-order valence-corrected chi connectivity index (χ1v) is 5.26. The monoisotopic (exact) mass is 205 g/mol. The summed E-state index contributed by atoms with van der Waals surface area (Å²) in [5, 5.41) is 3.28. The van der Waals surface area contributed by atoms with E-state index in [0.29, 0.717) is 0 Å². The molecule has 72 valence electrons. The lowest BCUT2D eigenvalue weighted by atomic mass is 10.3. The molecule has 4 heteroatoms. The molecule has 0 atom stereocenters. The Morgan fingerprint density at radius 1 is 1.36 bits per heavy atom. The molecule has 0 spiro atoms. The molecule has 14 heavy (non-hydrogen) atoms. The van der Waals surface area contributed by atoms with Gasteiger partial charge in [-0.2, -0.15) is 0 Å². The highest BCUT2D eigenvalue weighted by Gasteiger charge is 1.95. The predicted molar refractivity (Wildman–Crippen MR) is 58.4 cm³/mol. The van der Waals surface area contributed by atoms with E-state index in [4.69, 9.17) is 0 Å². The molecule has 0 unspecified atom stereocenters. The highest BCUT2D eigenvalue weighted by atomic mass is 32.1. The predicted octanol–water partition coefficient (Wildman–Crippen LogP) is 2.46. The molecule has 2 heterocycles. The summed E-state index contributed by atoms with van der Waals surface area (Å²) >= 11 is 1.65. The van der Waals surface area contributed by atoms with Crippen LogP contribution in [-0.4, -0.2) is 9.97 Å². The van der Waals surface area contributed by atoms with Gasteiger partial charge in [0.25, 0.3) is 0 Å². The summed E-state index contributed by atoms with van der Waals surface area (Å²) in [6.07, 6.45) is 3.72. The Morgan fingerprint density at radius 3 is 2.93 bits per heavy atom. The summed E-state index contributed by atoms with van der Waals surface area (Å²) in [7, 11) is 0. The van der Waals surface area contributed by atoms with Crippen molar-refractivity contribution in [3.63, 3.8) is 0 Å². The van der Waals surface area contributed by atoms with Gasteiger partial charge in [0.2, 0.25) is 0 Å². The lowest BCUT2D eigenvalue weighted by Crippen LogP contribution is -1.97. The molecule has 1 N–H and O–H groups in total. The molecule has 0 aliphatic rings. The highest BCUT2D eigenvalue weighted by molar-refractivity contribution is 7.09. The van der Waals surface area contributed by atoms with Crippen LogP contribution in [0.15, 0.2) is 30.0 Å². The normalized spacial score (nSPS) is 10.1. The van der Waals surface area contributed by atoms with Crippen LogP contribution in [0.1, 0.15) is 10.6 Å². The maximum Gasteiger partial charge on any atom is 0.0794 e. The quantitative estimate of drug-likeness (QED) is 0.836. The van der Waals surface area contributed by atoms with E-state index in [-0.39, 0.29) is 0 Å². The van der Waals surface area contributed by atoms with E-state index in [1.807, 2.05) is 37.0 Å². The molecular formula is C10H11N3S. The molecule has 0 radical (unpaired) electrons. The van der Waals surface area contributed by atoms with Crippen molar-refractivity contribution >= 4 is 17.0 Å². The van der Waals surface area contributed by atoms with Gasteiger partial charge in [-0.3, -0.25) is 9.97 Å². The van der Waals surface area contributed by atoms with Gasteiger partial charge >= 0.3 is 0 Å². The van der Waals surface area contributed by atoms with Crippen molar-refractivity contribution in [2.75, 3.05) is 5.32 Å². The Morgan fingerprint density at radius 2 is 2.29 bits per heavy atom. The van der Waals surface area contributed by atoms with Crippen LogP contribution >= 0.6 is 11.3 Å². The Kier molecular flexibility index (Phi) is 2.74. The maximum absolute atomic E-state index is 4.20. The zero-order valence-electron chi connectivity index (χ0n) is 7.90. The van der Waals surface area contributed by atoms with E-state index >= 15 is 0 Å². The van der Waals surface area contributed by atoms with Crippen molar-refractivity contribution in [1.82, 2.24) is 9.97 Å². The molecule has 0 saturated carbocycles. The van der Waals surface area contributed by atoms with E-state index in [2.05, 4.69) is 15.3 Å². The third kappa shape index (κ3) is 2.29. The van der Waals surface area contributed by atoms with Crippen molar-refractivity contribution < 1.29 is 0 Å². The van der Waals surface area contributed by atoms with Gasteiger partial charge in [-0.15, -0.1) is 11.3 Å². The van der Waals surface area contributed by atoms with Crippen LogP contribution in [0.25, 0.3) is 0 Å². The van der Waals surface area contributed by atoms with E-state index in [1.54, 1.807) is 11.3 Å². The topological polar surface area (TPSA) is 37.8 Å². The minimum atomic E-state index is 0.815. The molecule has 0 aromatic carbocycles. The van der Waals surface area contributed by atoms with E-state index in [0.717, 1.165) is 17.9 Å². The fourth-order valence-electron chi connectivity index (χ4n) is 1.09. The molecule has 0 saturated heterocycles. The Hall–Kier alpha value is -1.42. The number of hydrogen-bond donors (Lipinski definition) is 1. The number of anilines is 1. The molecule has 0 aliphatic heterocycles. The standard InChI is InChI=1S/C10H11N3S/c1-8-2-3-9(4-12-8)13-6-10-5-11-7-14-10/h2-5,7,13H,6H2,1H3. The van der Waals surface area contributed by atoms with Crippen molar-refractivity contribution in [2.24, 2.45) is 0 Å². The summed E-state index contributed by atoms with van der Waals surface area (Å²) < 4.78 is 0. The van der Waals surface area contributed by atoms with Crippen molar-refractivity contribution in [2.45, 2.75) is 13.5 Å². The zero-order chi connectivity index (χ0) is 9.80. The van der Waals surface area contributed by atoms with E-state index in [9.17, 15) is 0 Å². The Bertz CT molecular complexity index is 380. The van der Waals surface area contributed by atoms with Gasteiger partial charge in [-0.1, -0.05) is 0 Å². The van der Waals surface area contributed by atoms with Gasteiger partial charge in [0.15, 0.2) is 0 Å². The molecule has 2 rings (SSSR count). The van der Waals surface area contributed by atoms with Crippen LogP contribution in [0.4, 0.5) is 5.69 Å². The molecule has 0 fully saturated rings. The second kappa shape index (κ2) is 4.19. The molecular weight excluding hydrogens is 194 g/mol. The number of rotatable bonds is 3. The number of hydrogen-bond acceptors (Lipinski definition) is 4. The summed E-state index contributed by atoms with van der Waals surface area (Å²) in [5.41, 5.74) is 3.92. The third-order valence-corrected chi connectivity index (χ3v) is 2.64. The number of nitrogens with zero attached hydrogens (tertiary/aromatic N) is 2. The number of aryl methyl sites for hydroxylation is 1. The third-order valence-electron chi connectivity index (χ3n) is 1.86. The molecule has 0 bridgehead atoms. The lowest BCUT2D eigenvalue weighted by molar-refractivity contribution is 1.14. The average molecular weight is 205 g/mol. The summed E-state index contributed by atoms with van der Waals surface area (Å²) in [4.78, 5) is 9.44. The minimum absolute atomic E-state index is 0.815. The summed E-state index contributed by atoms with van der Waals surface area (Å²) in [6, 6.07) is 4.03. The number of pyridine rings is 1. The molecule has 2 aromatic rings. The van der Waals surface area contributed by atoms with Crippen LogP contribution in [0.5, 0.6) is 0 Å². The first-order valence-electron chi connectivity index (χ1n) is 4.38. The summed E-state index contributed by atoms with van der Waals surface area (Å²) in [6.45, 7) is 2.79. The lowest BCUT2D eigenvalue weighted by Gasteiger charge is -2.03. The first kappa shape index (κ1) is 9.15. The van der Waals surface area contributed by atoms with Gasteiger partial charge in [-0.25, -0.2) is 0 Å². The zero-order valence-corrected chi connectivity index (χ0v) is 8.71. The largest absolute Gasteiger partial charge is 0.379 e. The van der Waals surface area contributed by atoms with Crippen LogP contribution in [-0.2, 0) is 6.54 Å². The fraction of sp³-hybridized carbons (Fsp3) is 0.200. The van der Waals surface area contributed by atoms with Crippen molar-refractivity contribution in [3.05, 3.63) is 40.6 Å². The molecule has 3 nitrogen and oxygen atoms in total. The highest BCUT2D eigenvalue weighted by Crippen LogP contribution is 2.10. The number of nitrogens with one attached hydrogen (secondary N) is 1. The van der Waals surface area contributed by atoms with Crippen LogP contribution in [0, 0.1) is 6.92 Å². The van der Waals surface area contributed by atoms with Crippen molar-refractivity contribution in [3.8, 4) is 0 Å².